The molecule has 3 aromatic rings. The van der Waals surface area contributed by atoms with Crippen molar-refractivity contribution in [3.05, 3.63) is 47.8 Å². The minimum absolute atomic E-state index is 0.0144. The van der Waals surface area contributed by atoms with Gasteiger partial charge < -0.3 is 4.74 Å². The van der Waals surface area contributed by atoms with E-state index in [0.29, 0.717) is 10.2 Å². The molecule has 0 radical (unpaired) electrons. The fourth-order valence-corrected chi connectivity index (χ4v) is 3.58. The number of amides is 1. The molecule has 1 amide bonds. The number of halogens is 1. The summed E-state index contributed by atoms with van der Waals surface area (Å²) in [5.41, 5.74) is 0.520. The molecule has 0 spiro atoms. The van der Waals surface area contributed by atoms with Crippen molar-refractivity contribution in [3.63, 3.8) is 0 Å². The van der Waals surface area contributed by atoms with Gasteiger partial charge in [-0.3, -0.25) is 10.1 Å². The number of methoxy groups -OCH3 is 1. The van der Waals surface area contributed by atoms with E-state index < -0.39 is 21.7 Å². The molecule has 0 aliphatic rings. The summed E-state index contributed by atoms with van der Waals surface area (Å²) >= 11 is 1.09. The number of rotatable bonds is 4. The Hall–Kier alpha value is -2.56. The van der Waals surface area contributed by atoms with Gasteiger partial charge in [0.1, 0.15) is 11.6 Å². The maximum Gasteiger partial charge on any atom is 0.261 e. The molecule has 0 unspecified atom stereocenters. The molecule has 0 aliphatic heterocycles. The van der Waals surface area contributed by atoms with E-state index in [1.165, 1.54) is 37.4 Å². The van der Waals surface area contributed by atoms with Gasteiger partial charge in [0.25, 0.3) is 5.91 Å². The maximum absolute atomic E-state index is 13.2. The Morgan fingerprint density at radius 3 is 2.72 bits per heavy atom. The molecule has 7 nitrogen and oxygen atoms in total. The van der Waals surface area contributed by atoms with Crippen molar-refractivity contribution < 1.29 is 22.3 Å². The fraction of sp³-hybridized carbons (Fsp3) is 0.0667. The van der Waals surface area contributed by atoms with Gasteiger partial charge in [0.2, 0.25) is 10.0 Å². The summed E-state index contributed by atoms with van der Waals surface area (Å²) in [7, 11) is -2.62. The van der Waals surface area contributed by atoms with Crippen molar-refractivity contribution in [1.29, 1.82) is 0 Å². The Bertz CT molecular complexity index is 1080. The monoisotopic (exact) mass is 381 g/mol. The third-order valence-electron chi connectivity index (χ3n) is 3.32. The molecule has 0 saturated carbocycles. The Morgan fingerprint density at radius 2 is 2.04 bits per heavy atom. The number of aromatic nitrogens is 1. The Labute approximate surface area is 146 Å². The average Bonchev–Trinajstić information content (AvgIpc) is 2.94. The Morgan fingerprint density at radius 1 is 1.28 bits per heavy atom. The van der Waals surface area contributed by atoms with Crippen LogP contribution >= 0.6 is 11.3 Å². The number of sulfonamides is 1. The highest BCUT2D eigenvalue weighted by Gasteiger charge is 2.18. The summed E-state index contributed by atoms with van der Waals surface area (Å²) in [6, 6.07) is 7.78. The number of carbonyl (C=O) groups is 1. The summed E-state index contributed by atoms with van der Waals surface area (Å²) < 4.78 is 41.8. The van der Waals surface area contributed by atoms with Crippen LogP contribution < -0.4 is 15.2 Å². The lowest BCUT2D eigenvalue weighted by atomic mass is 10.2. The summed E-state index contributed by atoms with van der Waals surface area (Å²) in [5, 5.41) is 7.88. The van der Waals surface area contributed by atoms with E-state index in [4.69, 9.17) is 9.88 Å². The second-order valence-corrected chi connectivity index (χ2v) is 7.58. The van der Waals surface area contributed by atoms with Crippen LogP contribution in [0.25, 0.3) is 10.2 Å². The highest BCUT2D eigenvalue weighted by atomic mass is 32.2. The summed E-state index contributed by atoms with van der Waals surface area (Å²) in [5.74, 6) is -0.851. The molecule has 1 aromatic heterocycles. The number of nitrogens with zero attached hydrogens (tertiary/aromatic N) is 1. The van der Waals surface area contributed by atoms with Crippen molar-refractivity contribution in [2.24, 2.45) is 5.14 Å². The molecule has 3 N–H and O–H groups in total. The van der Waals surface area contributed by atoms with Gasteiger partial charge in [-0.1, -0.05) is 11.3 Å². The minimum Gasteiger partial charge on any atom is -0.496 e. The number of nitrogens with two attached hydrogens (primary N) is 1. The lowest BCUT2D eigenvalue weighted by Gasteiger charge is -2.09. The quantitative estimate of drug-likeness (QED) is 0.720. The largest absolute Gasteiger partial charge is 0.496 e. The third kappa shape index (κ3) is 3.60. The number of primary sulfonamides is 1. The van der Waals surface area contributed by atoms with Gasteiger partial charge in [-0.2, -0.15) is 0 Å². The van der Waals surface area contributed by atoms with Gasteiger partial charge in [0.05, 0.1) is 27.8 Å². The number of fused-ring (bicyclic) bond motifs is 1. The van der Waals surface area contributed by atoms with E-state index in [1.807, 2.05) is 0 Å². The van der Waals surface area contributed by atoms with Crippen LogP contribution in [0.15, 0.2) is 41.3 Å². The first-order valence-electron chi connectivity index (χ1n) is 6.86. The fourth-order valence-electron chi connectivity index (χ4n) is 2.16. The predicted molar refractivity (Wildman–Crippen MR) is 91.9 cm³/mol. The first-order valence-corrected chi connectivity index (χ1v) is 9.22. The lowest BCUT2D eigenvalue weighted by molar-refractivity contribution is 0.102. The molecule has 0 fully saturated rings. The zero-order valence-electron chi connectivity index (χ0n) is 12.8. The highest BCUT2D eigenvalue weighted by molar-refractivity contribution is 7.89. The number of anilines is 1. The van der Waals surface area contributed by atoms with Crippen molar-refractivity contribution >= 4 is 42.6 Å². The highest BCUT2D eigenvalue weighted by Crippen LogP contribution is 2.28. The number of carbonyl (C=O) groups excluding carboxylic acids is 1. The van der Waals surface area contributed by atoms with Gasteiger partial charge in [-0.15, -0.1) is 0 Å². The first kappa shape index (κ1) is 17.3. The van der Waals surface area contributed by atoms with Gasteiger partial charge in [0, 0.05) is 0 Å². The molecule has 3 rings (SSSR count). The lowest BCUT2D eigenvalue weighted by Crippen LogP contribution is -2.16. The van der Waals surface area contributed by atoms with Crippen molar-refractivity contribution in [2.75, 3.05) is 12.4 Å². The minimum atomic E-state index is -3.97. The number of ether oxygens (including phenoxy) is 1. The maximum atomic E-state index is 13.2. The van der Waals surface area contributed by atoms with Gasteiger partial charge in [-0.25, -0.2) is 22.9 Å². The molecular weight excluding hydrogens is 369 g/mol. The van der Waals surface area contributed by atoms with Gasteiger partial charge in [0.15, 0.2) is 5.13 Å². The standard InChI is InChI=1S/C15H12FN3O4S2/c1-23-12-5-3-9(25(17,21)22)7-10(12)14(20)19-15-18-11-4-2-8(16)6-13(11)24-15/h2-7H,1H3,(H2,17,21,22)(H,18,19,20). The molecule has 0 atom stereocenters. The van der Waals surface area contributed by atoms with Crippen LogP contribution in [0, 0.1) is 5.82 Å². The molecule has 1 heterocycles. The summed E-state index contributed by atoms with van der Waals surface area (Å²) in [4.78, 5) is 16.4. The Balaban J connectivity index is 1.96. The summed E-state index contributed by atoms with van der Waals surface area (Å²) in [6.07, 6.45) is 0. The zero-order valence-corrected chi connectivity index (χ0v) is 14.4. The van der Waals surface area contributed by atoms with Crippen LogP contribution in [0.5, 0.6) is 5.75 Å². The van der Waals surface area contributed by atoms with E-state index in [0.717, 1.165) is 17.4 Å². The third-order valence-corrected chi connectivity index (χ3v) is 5.16. The molecular formula is C15H12FN3O4S2. The molecule has 130 valence electrons. The Kier molecular flexibility index (Phi) is 4.41. The van der Waals surface area contributed by atoms with Crippen LogP contribution in [0.4, 0.5) is 9.52 Å². The molecule has 0 saturated heterocycles. The smallest absolute Gasteiger partial charge is 0.261 e. The van der Waals surface area contributed by atoms with E-state index in [2.05, 4.69) is 10.3 Å². The topological polar surface area (TPSA) is 111 Å². The van der Waals surface area contributed by atoms with Crippen LogP contribution in [-0.2, 0) is 10.0 Å². The molecule has 2 aromatic carbocycles. The zero-order chi connectivity index (χ0) is 18.2. The van der Waals surface area contributed by atoms with Crippen molar-refractivity contribution in [2.45, 2.75) is 4.90 Å². The van der Waals surface area contributed by atoms with Crippen molar-refractivity contribution in [3.8, 4) is 5.75 Å². The van der Waals surface area contributed by atoms with Gasteiger partial charge in [-0.05, 0) is 36.4 Å². The van der Waals surface area contributed by atoms with Gasteiger partial charge >= 0.3 is 0 Å². The number of nitrogens with one attached hydrogen (secondary N) is 1. The number of thiazole rings is 1. The van der Waals surface area contributed by atoms with Crippen LogP contribution in [-0.4, -0.2) is 26.4 Å². The number of hydrogen-bond donors (Lipinski definition) is 2. The first-order chi connectivity index (χ1) is 11.8. The van der Waals surface area contributed by atoms with Crippen molar-refractivity contribution in [1.82, 2.24) is 4.98 Å². The summed E-state index contributed by atoms with van der Waals surface area (Å²) in [6.45, 7) is 0. The molecule has 0 bridgehead atoms. The van der Waals surface area contributed by atoms with E-state index in [9.17, 15) is 17.6 Å². The molecule has 25 heavy (non-hydrogen) atoms. The van der Waals surface area contributed by atoms with Crippen LogP contribution in [0.3, 0.4) is 0 Å². The van der Waals surface area contributed by atoms with E-state index in [1.54, 1.807) is 0 Å². The van der Waals surface area contributed by atoms with E-state index in [-0.39, 0.29) is 21.3 Å². The molecule has 0 aliphatic carbocycles. The average molecular weight is 381 g/mol. The number of benzene rings is 2. The van der Waals surface area contributed by atoms with E-state index >= 15 is 0 Å². The normalized spacial score (nSPS) is 11.5. The second-order valence-electron chi connectivity index (χ2n) is 4.99. The van der Waals surface area contributed by atoms with Crippen LogP contribution in [0.1, 0.15) is 10.4 Å². The second kappa shape index (κ2) is 6.39. The number of hydrogen-bond acceptors (Lipinski definition) is 6. The molecule has 10 heteroatoms. The predicted octanol–water partition coefficient (Wildman–Crippen LogP) is 2.34. The SMILES string of the molecule is COc1ccc(S(N)(=O)=O)cc1C(=O)Nc1nc2ccc(F)cc2s1. The van der Waals surface area contributed by atoms with Crippen LogP contribution in [0.2, 0.25) is 0 Å².